The van der Waals surface area contributed by atoms with Gasteiger partial charge in [0.05, 0.1) is 52.7 Å². The number of fused-ring (bicyclic) bond motifs is 4. The van der Waals surface area contributed by atoms with Crippen molar-refractivity contribution in [3.8, 4) is 28.8 Å². The number of hydrogen-bond donors (Lipinski definition) is 2. The molecule has 3 saturated heterocycles. The van der Waals surface area contributed by atoms with Gasteiger partial charge in [-0.15, -0.1) is 0 Å². The molecule has 0 unspecified atom stereocenters. The Balaban J connectivity index is 1.31. The number of pyridine rings is 2. The van der Waals surface area contributed by atoms with E-state index in [0.29, 0.717) is 33.1 Å². The van der Waals surface area contributed by atoms with Crippen LogP contribution in [0.5, 0.6) is 11.6 Å². The van der Waals surface area contributed by atoms with Crippen LogP contribution in [0, 0.1) is 34.8 Å². The van der Waals surface area contributed by atoms with Crippen molar-refractivity contribution < 1.29 is 28.2 Å². The maximum absolute atomic E-state index is 17.4. The van der Waals surface area contributed by atoms with Crippen molar-refractivity contribution in [2.75, 3.05) is 13.7 Å². The second-order valence-corrected chi connectivity index (χ2v) is 16.0. The molecule has 2 aromatic carbocycles. The van der Waals surface area contributed by atoms with Crippen molar-refractivity contribution in [2.24, 2.45) is 11.8 Å². The molecule has 0 radical (unpaired) electrons. The number of benzene rings is 2. The molecule has 2 N–H and O–H groups in total. The molecule has 10 rings (SSSR count). The number of nitrogens with zero attached hydrogens (tertiary/aromatic N) is 5. The molecule has 292 valence electrons. The van der Waals surface area contributed by atoms with E-state index >= 15 is 8.78 Å². The molecule has 5 aromatic rings. The van der Waals surface area contributed by atoms with Gasteiger partial charge in [0.25, 0.3) is 0 Å². The molecule has 5 aliphatic rings. The number of nitrogens with one attached hydrogen (secondary N) is 1. The van der Waals surface area contributed by atoms with E-state index in [2.05, 4.69) is 27.5 Å². The van der Waals surface area contributed by atoms with Gasteiger partial charge in [-0.05, 0) is 62.3 Å². The summed E-state index contributed by atoms with van der Waals surface area (Å²) in [6.45, 7) is 6.45. The van der Waals surface area contributed by atoms with Crippen LogP contribution >= 0.6 is 23.2 Å². The number of aromatic nitrogens is 3. The zero-order valence-corrected chi connectivity index (χ0v) is 32.7. The second-order valence-electron chi connectivity index (χ2n) is 15.2. The summed E-state index contributed by atoms with van der Waals surface area (Å²) in [4.78, 5) is 24.9. The molecular formula is C43H38Cl2F2N6O4. The first-order chi connectivity index (χ1) is 27.5. The van der Waals surface area contributed by atoms with Gasteiger partial charge in [-0.2, -0.15) is 5.26 Å². The van der Waals surface area contributed by atoms with Gasteiger partial charge in [-0.25, -0.2) is 18.7 Å². The molecule has 2 aliphatic carbocycles. The average Bonchev–Trinajstić information content (AvgIpc) is 3.47. The highest BCUT2D eigenvalue weighted by Gasteiger charge is 2.52. The Labute approximate surface area is 337 Å². The third kappa shape index (κ3) is 6.01. The normalized spacial score (nSPS) is 23.3. The smallest absolute Gasteiger partial charge is 0.230 e. The number of allylic oxidation sites excluding steroid dienone is 1. The van der Waals surface area contributed by atoms with Gasteiger partial charge in [-0.1, -0.05) is 48.0 Å². The average molecular weight is 812 g/mol. The van der Waals surface area contributed by atoms with Crippen LogP contribution in [-0.2, 0) is 11.2 Å². The first-order valence-electron chi connectivity index (χ1n) is 19.0. The second kappa shape index (κ2) is 14.3. The van der Waals surface area contributed by atoms with Crippen LogP contribution in [0.1, 0.15) is 68.1 Å². The molecular weight excluding hydrogens is 773 g/mol. The summed E-state index contributed by atoms with van der Waals surface area (Å²) >= 11 is 13.1. The van der Waals surface area contributed by atoms with E-state index in [1.807, 2.05) is 25.1 Å². The van der Waals surface area contributed by atoms with E-state index in [-0.39, 0.29) is 93.3 Å². The Kier molecular flexibility index (Phi) is 9.38. The van der Waals surface area contributed by atoms with Gasteiger partial charge in [0.2, 0.25) is 11.8 Å². The van der Waals surface area contributed by atoms with Crippen LogP contribution in [-0.4, -0.2) is 56.2 Å². The Morgan fingerprint density at radius 2 is 2.00 bits per heavy atom. The van der Waals surface area contributed by atoms with E-state index in [1.54, 1.807) is 23.1 Å². The summed E-state index contributed by atoms with van der Waals surface area (Å²) in [6, 6.07) is 11.8. The predicted molar refractivity (Wildman–Crippen MR) is 213 cm³/mol. The third-order valence-electron chi connectivity index (χ3n) is 11.9. The first-order valence-corrected chi connectivity index (χ1v) is 19.8. The lowest BCUT2D eigenvalue weighted by Crippen LogP contribution is -2.41. The van der Waals surface area contributed by atoms with Gasteiger partial charge in [0, 0.05) is 65.0 Å². The van der Waals surface area contributed by atoms with Crippen LogP contribution < -0.4 is 14.8 Å². The quantitative estimate of drug-likeness (QED) is 0.134. The zero-order chi connectivity index (χ0) is 39.9. The number of amides is 1. The fourth-order valence-electron chi connectivity index (χ4n) is 9.18. The van der Waals surface area contributed by atoms with Crippen molar-refractivity contribution in [1.29, 1.82) is 5.26 Å². The van der Waals surface area contributed by atoms with Gasteiger partial charge < -0.3 is 29.4 Å². The minimum Gasteiger partial charge on any atom is -0.506 e. The Hall–Kier alpha value is -5.22. The molecule has 14 heteroatoms. The maximum atomic E-state index is 17.4. The summed E-state index contributed by atoms with van der Waals surface area (Å²) < 4.78 is 46.5. The molecule has 57 heavy (non-hydrogen) atoms. The van der Waals surface area contributed by atoms with E-state index in [1.165, 1.54) is 13.2 Å². The molecule has 10 nitrogen and oxygen atoms in total. The van der Waals surface area contributed by atoms with Crippen LogP contribution in [0.2, 0.25) is 10.0 Å². The van der Waals surface area contributed by atoms with E-state index in [4.69, 9.17) is 37.7 Å². The lowest BCUT2D eigenvalue weighted by atomic mass is 9.79. The molecule has 6 heterocycles. The highest BCUT2D eigenvalue weighted by molar-refractivity contribution is 6.43. The molecule has 3 aromatic heterocycles. The number of likely N-dealkylation sites (tertiary alicyclic amines) is 1. The standard InChI is InChI=1S/C43H38Cl2F2N6O4/c1-4-30-34(57-33-17-35(56-3)50-19-28(33)46)16-32(52(30)43(55)21-10-11-21)31-15-26-39(20(2)54)51-40-25(42(26)53(31)41-23-14-29(41)49-18-23)13-22(7-6-12-48)36(38(40)47)24-8-5-9-27(44)37(24)45/h4-5,8-9,13,15,17,19,21,23,29,32,34,41,49,54H,2,6-7,10-11,14,16,18H2,1,3H3/b30-4+/t23-,29-,32-,34+,41+/m1/s1. The van der Waals surface area contributed by atoms with Crippen LogP contribution in [0.25, 0.3) is 38.7 Å². The molecule has 0 spiro atoms. The molecule has 2 bridgehead atoms. The van der Waals surface area contributed by atoms with Gasteiger partial charge in [0.1, 0.15) is 23.1 Å². The molecule has 1 amide bonds. The topological polar surface area (TPSA) is 126 Å². The summed E-state index contributed by atoms with van der Waals surface area (Å²) in [5.41, 5.74) is 3.11. The Morgan fingerprint density at radius 3 is 2.67 bits per heavy atom. The summed E-state index contributed by atoms with van der Waals surface area (Å²) in [5.74, 6) is -1.56. The molecule has 5 fully saturated rings. The monoisotopic (exact) mass is 810 g/mol. The van der Waals surface area contributed by atoms with Crippen molar-refractivity contribution in [3.63, 3.8) is 0 Å². The third-order valence-corrected chi connectivity index (χ3v) is 12.8. The van der Waals surface area contributed by atoms with Crippen LogP contribution in [0.4, 0.5) is 8.78 Å². The summed E-state index contributed by atoms with van der Waals surface area (Å²) in [6.07, 6.45) is 5.20. The van der Waals surface area contributed by atoms with Crippen molar-refractivity contribution >= 4 is 56.7 Å². The Bertz CT molecular complexity index is 2590. The number of hydrogen-bond acceptors (Lipinski definition) is 8. The van der Waals surface area contributed by atoms with Gasteiger partial charge >= 0.3 is 0 Å². The highest BCUT2D eigenvalue weighted by atomic mass is 35.5. The van der Waals surface area contributed by atoms with E-state index < -0.39 is 23.8 Å². The number of aliphatic hydroxyl groups excluding tert-OH is 1. The first kappa shape index (κ1) is 37.4. The molecule has 2 saturated carbocycles. The number of nitriles is 1. The fourth-order valence-corrected chi connectivity index (χ4v) is 9.58. The maximum Gasteiger partial charge on any atom is 0.230 e. The van der Waals surface area contributed by atoms with Gasteiger partial charge in [-0.3, -0.25) is 4.79 Å². The van der Waals surface area contributed by atoms with Gasteiger partial charge in [0.15, 0.2) is 17.4 Å². The summed E-state index contributed by atoms with van der Waals surface area (Å²) in [5, 5.41) is 25.9. The number of rotatable bonds is 10. The largest absolute Gasteiger partial charge is 0.506 e. The van der Waals surface area contributed by atoms with E-state index in [9.17, 15) is 15.2 Å². The minimum absolute atomic E-state index is 0.0141. The SMILES string of the molecule is C=C(O)c1nc2c(F)c(-c3cccc(Cl)c3Cl)c(CCC#N)cc2c2c1cc([C@H]1C[C@H](Oc3cc(OC)ncc3F)/C(=C\C)N1C(=O)C1CC1)n2[C@H]1[C@H]2CN[C@@H]1C2. The van der Waals surface area contributed by atoms with Crippen molar-refractivity contribution in [1.82, 2.24) is 24.8 Å². The number of carbonyl (C=O) groups is 1. The number of methoxy groups -OCH3 is 1. The lowest BCUT2D eigenvalue weighted by molar-refractivity contribution is -0.132. The Morgan fingerprint density at radius 1 is 1.19 bits per heavy atom. The van der Waals surface area contributed by atoms with Crippen molar-refractivity contribution in [3.05, 3.63) is 99.6 Å². The van der Waals surface area contributed by atoms with E-state index in [0.717, 1.165) is 37.7 Å². The number of halogens is 4. The predicted octanol–water partition coefficient (Wildman–Crippen LogP) is 9.40. The molecule has 3 aliphatic heterocycles. The van der Waals surface area contributed by atoms with Crippen LogP contribution in [0.15, 0.2) is 60.9 Å². The van der Waals surface area contributed by atoms with Crippen LogP contribution in [0.3, 0.4) is 0 Å². The highest BCUT2D eigenvalue weighted by Crippen LogP contribution is 2.53. The fraction of sp³-hybridized carbons (Fsp3) is 0.349. The number of ether oxygens (including phenoxy) is 2. The zero-order valence-electron chi connectivity index (χ0n) is 31.2. The summed E-state index contributed by atoms with van der Waals surface area (Å²) in [7, 11) is 1.43. The number of aliphatic hydroxyl groups is 1. The number of carbonyl (C=O) groups excluding carboxylic acids is 1. The van der Waals surface area contributed by atoms with Crippen molar-refractivity contribution in [2.45, 2.75) is 69.7 Å². The lowest BCUT2D eigenvalue weighted by Gasteiger charge is -2.39. The molecule has 5 atom stereocenters. The minimum atomic E-state index is -0.728. The number of aryl methyl sites for hydroxylation is 1.